The number of pyridine rings is 2. The van der Waals surface area contributed by atoms with Crippen molar-refractivity contribution in [1.29, 1.82) is 0 Å². The number of para-hydroxylation sites is 1. The SMILES string of the molecule is Cc1nccc2c3ccccc3n(CCCCCCOc3ccc4c5ccnc(C)c5n(CCCc5ccccc5)c4c3)c12.Cl. The second kappa shape index (κ2) is 13.7. The summed E-state index contributed by atoms with van der Waals surface area (Å²) in [5, 5.41) is 5.17. The van der Waals surface area contributed by atoms with Crippen molar-refractivity contribution < 1.29 is 4.74 Å². The average Bonchev–Trinajstić information content (AvgIpc) is 3.55. The molecule has 0 amide bonds. The van der Waals surface area contributed by atoms with E-state index in [0.29, 0.717) is 0 Å². The van der Waals surface area contributed by atoms with E-state index in [1.807, 2.05) is 12.4 Å². The number of fused-ring (bicyclic) bond motifs is 6. The molecule has 0 N–H and O–H groups in total. The van der Waals surface area contributed by atoms with E-state index in [1.165, 1.54) is 55.6 Å². The third kappa shape index (κ3) is 6.14. The summed E-state index contributed by atoms with van der Waals surface area (Å²) in [7, 11) is 0. The number of ether oxygens (including phenoxy) is 1. The Bertz CT molecular complexity index is 2060. The predicted molar refractivity (Wildman–Crippen MR) is 190 cm³/mol. The van der Waals surface area contributed by atoms with Crippen LogP contribution in [-0.4, -0.2) is 25.7 Å². The molecule has 0 aliphatic rings. The maximum atomic E-state index is 6.31. The van der Waals surface area contributed by atoms with Crippen molar-refractivity contribution in [1.82, 2.24) is 19.1 Å². The van der Waals surface area contributed by atoms with Gasteiger partial charge in [0.15, 0.2) is 0 Å². The van der Waals surface area contributed by atoms with Gasteiger partial charge in [-0.2, -0.15) is 0 Å². The van der Waals surface area contributed by atoms with Gasteiger partial charge in [-0.25, -0.2) is 0 Å². The summed E-state index contributed by atoms with van der Waals surface area (Å²) in [5.41, 5.74) is 8.62. The van der Waals surface area contributed by atoms with Crippen LogP contribution in [-0.2, 0) is 19.5 Å². The predicted octanol–water partition coefficient (Wildman–Crippen LogP) is 10.0. The van der Waals surface area contributed by atoms with Crippen LogP contribution >= 0.6 is 12.4 Å². The molecule has 0 unspecified atom stereocenters. The lowest BCUT2D eigenvalue weighted by Crippen LogP contribution is -2.02. The Morgan fingerprint density at radius 1 is 0.578 bits per heavy atom. The van der Waals surface area contributed by atoms with E-state index < -0.39 is 0 Å². The fourth-order valence-corrected chi connectivity index (χ4v) is 6.93. The van der Waals surface area contributed by atoms with Gasteiger partial charge in [0.2, 0.25) is 0 Å². The van der Waals surface area contributed by atoms with Crippen LogP contribution in [0.25, 0.3) is 43.6 Å². The lowest BCUT2D eigenvalue weighted by molar-refractivity contribution is 0.304. The highest BCUT2D eigenvalue weighted by Gasteiger charge is 2.15. The molecule has 0 aliphatic carbocycles. The van der Waals surface area contributed by atoms with Gasteiger partial charge < -0.3 is 13.9 Å². The maximum Gasteiger partial charge on any atom is 0.121 e. The van der Waals surface area contributed by atoms with Crippen molar-refractivity contribution in [2.24, 2.45) is 0 Å². The minimum Gasteiger partial charge on any atom is -0.494 e. The second-order valence-corrected chi connectivity index (χ2v) is 11.9. The fraction of sp³-hybridized carbons (Fsp3) is 0.282. The zero-order chi connectivity index (χ0) is 29.9. The van der Waals surface area contributed by atoms with Gasteiger partial charge in [0.05, 0.1) is 34.5 Å². The van der Waals surface area contributed by atoms with E-state index in [-0.39, 0.29) is 12.4 Å². The first-order valence-corrected chi connectivity index (χ1v) is 16.1. The lowest BCUT2D eigenvalue weighted by Gasteiger charge is -2.11. The van der Waals surface area contributed by atoms with Crippen molar-refractivity contribution in [2.45, 2.75) is 65.5 Å². The molecule has 0 fully saturated rings. The van der Waals surface area contributed by atoms with Crippen LogP contribution in [0.3, 0.4) is 0 Å². The molecule has 0 atom stereocenters. The van der Waals surface area contributed by atoms with Crippen LogP contribution in [0, 0.1) is 13.8 Å². The summed E-state index contributed by atoms with van der Waals surface area (Å²) in [6.45, 7) is 6.93. The molecule has 5 nitrogen and oxygen atoms in total. The number of benzene rings is 3. The third-order valence-electron chi connectivity index (χ3n) is 9.02. The smallest absolute Gasteiger partial charge is 0.121 e. The van der Waals surface area contributed by atoms with Gasteiger partial charge >= 0.3 is 0 Å². The van der Waals surface area contributed by atoms with Crippen LogP contribution in [0.1, 0.15) is 49.1 Å². The number of rotatable bonds is 12. The molecule has 7 rings (SSSR count). The number of aryl methyl sites for hydroxylation is 5. The number of aromatic nitrogens is 4. The molecule has 0 aliphatic heterocycles. The molecule has 0 saturated heterocycles. The Morgan fingerprint density at radius 2 is 1.20 bits per heavy atom. The van der Waals surface area contributed by atoms with Crippen molar-refractivity contribution in [3.63, 3.8) is 0 Å². The standard InChI is InChI=1S/C39H40N4O.ClH/c1-28-38-34(20-22-40-28)32-16-8-9-17-36(32)42(38)24-10-3-4-11-26-44-31-18-19-33-35-21-23-41-29(2)39(35)43(37(33)27-31)25-12-15-30-13-6-5-7-14-30;/h5-9,13-14,16-23,27H,3-4,10-12,15,24-26H2,1-2H3;1H. The minimum absolute atomic E-state index is 0. The first-order valence-electron chi connectivity index (χ1n) is 16.1. The van der Waals surface area contributed by atoms with Crippen LogP contribution in [0.2, 0.25) is 0 Å². The first-order chi connectivity index (χ1) is 21.7. The quantitative estimate of drug-likeness (QED) is 0.128. The summed E-state index contributed by atoms with van der Waals surface area (Å²) in [4.78, 5) is 9.22. The fourth-order valence-electron chi connectivity index (χ4n) is 6.93. The molecule has 6 heteroatoms. The molecular weight excluding hydrogens is 576 g/mol. The molecule has 0 radical (unpaired) electrons. The van der Waals surface area contributed by atoms with Crippen LogP contribution in [0.5, 0.6) is 5.75 Å². The highest BCUT2D eigenvalue weighted by Crippen LogP contribution is 2.33. The summed E-state index contributed by atoms with van der Waals surface area (Å²) in [6.07, 6.45) is 10.5. The molecule has 7 aromatic rings. The van der Waals surface area contributed by atoms with Crippen molar-refractivity contribution in [3.8, 4) is 5.75 Å². The third-order valence-corrected chi connectivity index (χ3v) is 9.02. The summed E-state index contributed by atoms with van der Waals surface area (Å²) < 4.78 is 11.2. The monoisotopic (exact) mass is 616 g/mol. The van der Waals surface area contributed by atoms with Crippen molar-refractivity contribution in [3.05, 3.63) is 114 Å². The van der Waals surface area contributed by atoms with Gasteiger partial charge in [-0.1, -0.05) is 61.4 Å². The summed E-state index contributed by atoms with van der Waals surface area (Å²) in [5.74, 6) is 0.948. The number of hydrogen-bond donors (Lipinski definition) is 0. The Balaban J connectivity index is 0.00000357. The Morgan fingerprint density at radius 3 is 1.96 bits per heavy atom. The molecular formula is C39H41ClN4O. The van der Waals surface area contributed by atoms with Crippen LogP contribution < -0.4 is 4.74 Å². The lowest BCUT2D eigenvalue weighted by atomic mass is 10.1. The highest BCUT2D eigenvalue weighted by atomic mass is 35.5. The van der Waals surface area contributed by atoms with Gasteiger partial charge in [0.1, 0.15) is 5.75 Å². The summed E-state index contributed by atoms with van der Waals surface area (Å²) in [6, 6.07) is 30.4. The van der Waals surface area contributed by atoms with E-state index in [9.17, 15) is 0 Å². The number of hydrogen-bond acceptors (Lipinski definition) is 3. The molecule has 230 valence electrons. The topological polar surface area (TPSA) is 44.9 Å². The highest BCUT2D eigenvalue weighted by molar-refractivity contribution is 6.09. The van der Waals surface area contributed by atoms with Gasteiger partial charge in [-0.05, 0) is 75.4 Å². The van der Waals surface area contributed by atoms with E-state index in [0.717, 1.165) is 68.9 Å². The zero-order valence-corrected chi connectivity index (χ0v) is 27.0. The Labute approximate surface area is 271 Å². The number of halogens is 1. The van der Waals surface area contributed by atoms with Gasteiger partial charge in [0, 0.05) is 58.6 Å². The van der Waals surface area contributed by atoms with Gasteiger partial charge in [-0.3, -0.25) is 9.97 Å². The van der Waals surface area contributed by atoms with E-state index in [1.54, 1.807) is 0 Å². The number of unbranched alkanes of at least 4 members (excludes halogenated alkanes) is 3. The van der Waals surface area contributed by atoms with Gasteiger partial charge in [-0.15, -0.1) is 12.4 Å². The van der Waals surface area contributed by atoms with Crippen LogP contribution in [0.15, 0.2) is 97.3 Å². The normalized spacial score (nSPS) is 11.5. The molecule has 45 heavy (non-hydrogen) atoms. The van der Waals surface area contributed by atoms with Gasteiger partial charge in [0.25, 0.3) is 0 Å². The molecule has 0 bridgehead atoms. The Kier molecular flexibility index (Phi) is 9.37. The molecule has 3 aromatic carbocycles. The van der Waals surface area contributed by atoms with Crippen LogP contribution in [0.4, 0.5) is 0 Å². The second-order valence-electron chi connectivity index (χ2n) is 11.9. The largest absolute Gasteiger partial charge is 0.494 e. The number of nitrogens with zero attached hydrogens (tertiary/aromatic N) is 4. The molecule has 0 saturated carbocycles. The van der Waals surface area contributed by atoms with Crippen molar-refractivity contribution >= 4 is 56.0 Å². The molecule has 4 heterocycles. The minimum atomic E-state index is 0. The first kappa shape index (κ1) is 30.7. The molecule has 0 spiro atoms. The van der Waals surface area contributed by atoms with Crippen molar-refractivity contribution in [2.75, 3.05) is 6.61 Å². The Hall–Kier alpha value is -4.35. The van der Waals surface area contributed by atoms with E-state index >= 15 is 0 Å². The van der Waals surface area contributed by atoms with E-state index in [4.69, 9.17) is 4.74 Å². The molecule has 4 aromatic heterocycles. The maximum absolute atomic E-state index is 6.31. The average molecular weight is 617 g/mol. The summed E-state index contributed by atoms with van der Waals surface area (Å²) >= 11 is 0. The van der Waals surface area contributed by atoms with E-state index in [2.05, 4.69) is 118 Å². The zero-order valence-electron chi connectivity index (χ0n) is 26.2.